The monoisotopic (exact) mass is 316 g/mol. The lowest BCUT2D eigenvalue weighted by Crippen LogP contribution is -2.43. The molecule has 118 valence electrons. The molecule has 0 spiro atoms. The van der Waals surface area contributed by atoms with Gasteiger partial charge in [0.05, 0.1) is 10.3 Å². The number of nitrogens with one attached hydrogen (secondary N) is 2. The Balaban J connectivity index is 3.00. The highest BCUT2D eigenvalue weighted by atomic mass is 32.2. The second-order valence-electron chi connectivity index (χ2n) is 5.64. The maximum absolute atomic E-state index is 12.2. The average molecular weight is 316 g/mol. The van der Waals surface area contributed by atoms with E-state index in [1.54, 1.807) is 6.92 Å². The SMILES string of the molecule is Cc1[nH]c(C(=O)O)c(C)c1C(=O)NCC(C)(C)S(C)(=O)=O. The lowest BCUT2D eigenvalue weighted by Gasteiger charge is -2.22. The van der Waals surface area contributed by atoms with E-state index in [2.05, 4.69) is 10.3 Å². The fraction of sp³-hybridized carbons (Fsp3) is 0.538. The van der Waals surface area contributed by atoms with Gasteiger partial charge < -0.3 is 15.4 Å². The molecule has 0 aliphatic heterocycles. The van der Waals surface area contributed by atoms with Crippen LogP contribution in [0.2, 0.25) is 0 Å². The molecule has 0 atom stereocenters. The summed E-state index contributed by atoms with van der Waals surface area (Å²) in [7, 11) is -3.33. The number of aryl methyl sites for hydroxylation is 1. The summed E-state index contributed by atoms with van der Waals surface area (Å²) in [5.74, 6) is -1.64. The van der Waals surface area contributed by atoms with Gasteiger partial charge in [-0.15, -0.1) is 0 Å². The second-order valence-corrected chi connectivity index (χ2v) is 8.29. The van der Waals surface area contributed by atoms with Crippen LogP contribution in [0, 0.1) is 13.8 Å². The Hall–Kier alpha value is -1.83. The molecule has 0 fully saturated rings. The van der Waals surface area contributed by atoms with Crippen LogP contribution < -0.4 is 5.32 Å². The van der Waals surface area contributed by atoms with Crippen LogP contribution in [0.5, 0.6) is 0 Å². The van der Waals surface area contributed by atoms with Crippen molar-refractivity contribution < 1.29 is 23.1 Å². The predicted molar refractivity (Wildman–Crippen MR) is 78.5 cm³/mol. The summed E-state index contributed by atoms with van der Waals surface area (Å²) in [4.78, 5) is 25.8. The molecular formula is C13H20N2O5S. The van der Waals surface area contributed by atoms with E-state index in [9.17, 15) is 18.0 Å². The smallest absolute Gasteiger partial charge is 0.352 e. The van der Waals surface area contributed by atoms with Crippen molar-refractivity contribution in [1.29, 1.82) is 0 Å². The zero-order chi connectivity index (χ0) is 16.6. The van der Waals surface area contributed by atoms with Crippen molar-refractivity contribution in [2.75, 3.05) is 12.8 Å². The summed E-state index contributed by atoms with van der Waals surface area (Å²) in [6.07, 6.45) is 1.11. The Labute approximate surface area is 123 Å². The number of hydrogen-bond acceptors (Lipinski definition) is 4. The van der Waals surface area contributed by atoms with Crippen molar-refractivity contribution >= 4 is 21.7 Å². The molecule has 8 heteroatoms. The fourth-order valence-electron chi connectivity index (χ4n) is 1.82. The molecule has 21 heavy (non-hydrogen) atoms. The summed E-state index contributed by atoms with van der Waals surface area (Å²) in [6.45, 7) is 6.10. The molecule has 0 aliphatic carbocycles. The number of sulfone groups is 1. The Kier molecular flexibility index (Phi) is 4.52. The third-order valence-electron chi connectivity index (χ3n) is 3.56. The molecule has 1 aromatic heterocycles. The minimum Gasteiger partial charge on any atom is -0.477 e. The van der Waals surface area contributed by atoms with Crippen molar-refractivity contribution in [3.63, 3.8) is 0 Å². The van der Waals surface area contributed by atoms with Gasteiger partial charge in [0.25, 0.3) is 5.91 Å². The number of aromatic amines is 1. The number of hydrogen-bond donors (Lipinski definition) is 3. The van der Waals surface area contributed by atoms with Gasteiger partial charge in [0.1, 0.15) is 5.69 Å². The minimum absolute atomic E-state index is 0.0416. The number of aromatic carboxylic acids is 1. The van der Waals surface area contributed by atoms with Gasteiger partial charge in [0, 0.05) is 18.5 Å². The lowest BCUT2D eigenvalue weighted by molar-refractivity contribution is 0.0690. The predicted octanol–water partition coefficient (Wildman–Crippen LogP) is 0.883. The Morgan fingerprint density at radius 2 is 1.81 bits per heavy atom. The zero-order valence-corrected chi connectivity index (χ0v) is 13.5. The molecule has 7 nitrogen and oxygen atoms in total. The molecule has 0 radical (unpaired) electrons. The highest BCUT2D eigenvalue weighted by molar-refractivity contribution is 7.92. The summed E-state index contributed by atoms with van der Waals surface area (Å²) in [5.41, 5.74) is 0.950. The summed E-state index contributed by atoms with van der Waals surface area (Å²) >= 11 is 0. The van der Waals surface area contributed by atoms with E-state index in [0.29, 0.717) is 11.3 Å². The quantitative estimate of drug-likeness (QED) is 0.745. The van der Waals surface area contributed by atoms with Crippen LogP contribution in [0.15, 0.2) is 0 Å². The number of carboxylic acid groups (broad SMARTS) is 1. The summed E-state index contributed by atoms with van der Waals surface area (Å²) < 4.78 is 22.1. The number of H-pyrrole nitrogens is 1. The molecule has 1 aromatic rings. The van der Waals surface area contributed by atoms with Crippen molar-refractivity contribution in [3.8, 4) is 0 Å². The molecule has 1 amide bonds. The van der Waals surface area contributed by atoms with Crippen molar-refractivity contribution in [2.24, 2.45) is 0 Å². The maximum atomic E-state index is 12.2. The third kappa shape index (κ3) is 3.44. The van der Waals surface area contributed by atoms with Crippen LogP contribution in [0.4, 0.5) is 0 Å². The summed E-state index contributed by atoms with van der Waals surface area (Å²) in [6, 6.07) is 0. The van der Waals surface area contributed by atoms with E-state index in [0.717, 1.165) is 6.26 Å². The first-order valence-electron chi connectivity index (χ1n) is 6.28. The van der Waals surface area contributed by atoms with Crippen LogP contribution in [0.25, 0.3) is 0 Å². The van der Waals surface area contributed by atoms with Gasteiger partial charge in [-0.1, -0.05) is 0 Å². The lowest BCUT2D eigenvalue weighted by atomic mass is 10.1. The van der Waals surface area contributed by atoms with Gasteiger partial charge in [-0.25, -0.2) is 13.2 Å². The van der Waals surface area contributed by atoms with Crippen LogP contribution in [0.1, 0.15) is 46.0 Å². The van der Waals surface area contributed by atoms with E-state index >= 15 is 0 Å². The van der Waals surface area contributed by atoms with Gasteiger partial charge in [0.2, 0.25) is 0 Å². The van der Waals surface area contributed by atoms with Crippen molar-refractivity contribution in [2.45, 2.75) is 32.4 Å². The topological polar surface area (TPSA) is 116 Å². The number of carbonyl (C=O) groups excluding carboxylic acids is 1. The van der Waals surface area contributed by atoms with Gasteiger partial charge in [-0.05, 0) is 33.3 Å². The third-order valence-corrected chi connectivity index (χ3v) is 5.71. The Morgan fingerprint density at radius 1 is 1.29 bits per heavy atom. The van der Waals surface area contributed by atoms with Crippen LogP contribution in [-0.4, -0.2) is 47.9 Å². The van der Waals surface area contributed by atoms with Crippen LogP contribution >= 0.6 is 0 Å². The Bertz CT molecular complexity index is 686. The highest BCUT2D eigenvalue weighted by Gasteiger charge is 2.31. The molecule has 1 heterocycles. The van der Waals surface area contributed by atoms with Gasteiger partial charge >= 0.3 is 5.97 Å². The van der Waals surface area contributed by atoms with E-state index < -0.39 is 26.5 Å². The van der Waals surface area contributed by atoms with Crippen LogP contribution in [-0.2, 0) is 9.84 Å². The van der Waals surface area contributed by atoms with E-state index in [4.69, 9.17) is 5.11 Å². The largest absolute Gasteiger partial charge is 0.477 e. The van der Waals surface area contributed by atoms with Gasteiger partial charge in [-0.2, -0.15) is 0 Å². The van der Waals surface area contributed by atoms with E-state index in [1.165, 1.54) is 20.8 Å². The van der Waals surface area contributed by atoms with Crippen molar-refractivity contribution in [3.05, 3.63) is 22.5 Å². The second kappa shape index (κ2) is 5.51. The standard InChI is InChI=1S/C13H20N2O5S/c1-7-9(8(2)15-10(7)12(17)18)11(16)14-6-13(3,4)21(5,19)20/h15H,6H2,1-5H3,(H,14,16)(H,17,18). The first-order valence-corrected chi connectivity index (χ1v) is 8.18. The first kappa shape index (κ1) is 17.2. The number of amides is 1. The molecule has 0 aliphatic rings. The minimum atomic E-state index is -3.33. The average Bonchev–Trinajstić information content (AvgIpc) is 2.60. The number of aromatic nitrogens is 1. The van der Waals surface area contributed by atoms with Gasteiger partial charge in [-0.3, -0.25) is 4.79 Å². The summed E-state index contributed by atoms with van der Waals surface area (Å²) in [5, 5.41) is 11.6. The van der Waals surface area contributed by atoms with E-state index in [-0.39, 0.29) is 17.8 Å². The first-order chi connectivity index (χ1) is 9.38. The number of carboxylic acids is 1. The molecule has 0 bridgehead atoms. The number of carbonyl (C=O) groups is 2. The molecule has 3 N–H and O–H groups in total. The molecule has 0 saturated carbocycles. The number of rotatable bonds is 5. The molecule has 0 aromatic carbocycles. The Morgan fingerprint density at radius 3 is 2.19 bits per heavy atom. The normalized spacial score (nSPS) is 12.2. The zero-order valence-electron chi connectivity index (χ0n) is 12.7. The molecule has 1 rings (SSSR count). The molecule has 0 unspecified atom stereocenters. The van der Waals surface area contributed by atoms with E-state index in [1.807, 2.05) is 0 Å². The highest BCUT2D eigenvalue weighted by Crippen LogP contribution is 2.19. The molecular weight excluding hydrogens is 296 g/mol. The van der Waals surface area contributed by atoms with Crippen LogP contribution in [0.3, 0.4) is 0 Å². The fourth-order valence-corrected chi connectivity index (χ4v) is 2.15. The maximum Gasteiger partial charge on any atom is 0.352 e. The van der Waals surface area contributed by atoms with Crippen molar-refractivity contribution in [1.82, 2.24) is 10.3 Å². The molecule has 0 saturated heterocycles. The van der Waals surface area contributed by atoms with Gasteiger partial charge in [0.15, 0.2) is 9.84 Å².